The quantitative estimate of drug-likeness (QED) is 0.385. The molecule has 0 saturated heterocycles. The molecule has 7 heteroatoms. The molecule has 0 bridgehead atoms. The molecule has 114 valence electrons. The van der Waals surface area contributed by atoms with Crippen molar-refractivity contribution in [3.63, 3.8) is 0 Å². The van der Waals surface area contributed by atoms with E-state index in [2.05, 4.69) is 6.92 Å². The molecule has 0 rings (SSSR count). The Morgan fingerprint density at radius 2 is 1.60 bits per heavy atom. The van der Waals surface area contributed by atoms with E-state index in [1.807, 2.05) is 0 Å². The number of hydrogen-bond donors (Lipinski definition) is 2. The van der Waals surface area contributed by atoms with Crippen molar-refractivity contribution < 1.29 is 44.4 Å². The van der Waals surface area contributed by atoms with Crippen LogP contribution in [0.5, 0.6) is 0 Å². The number of unbranched alkanes of at least 4 members (excludes halogenated alkanes) is 5. The van der Waals surface area contributed by atoms with Crippen LogP contribution < -0.4 is 15.9 Å². The zero-order valence-corrected chi connectivity index (χ0v) is 15.3. The number of carboxylic acids is 2. The molecule has 0 fully saturated rings. The predicted molar refractivity (Wildman–Crippen MR) is 67.7 cm³/mol. The minimum atomic E-state index is -1.44. The number of carboxylic acid groups (broad SMARTS) is 2. The van der Waals surface area contributed by atoms with Gasteiger partial charge in [-0.15, -0.1) is 0 Å². The number of carbonyl (C=O) groups is 2. The van der Waals surface area contributed by atoms with Crippen LogP contribution in [0.15, 0.2) is 0 Å². The van der Waals surface area contributed by atoms with Crippen molar-refractivity contribution in [3.8, 4) is 0 Å². The predicted octanol–water partition coefficient (Wildman–Crippen LogP) is -1.07. The summed E-state index contributed by atoms with van der Waals surface area (Å²) in [4.78, 5) is 19.6. The fourth-order valence-corrected chi connectivity index (χ4v) is 1.28. The van der Waals surface area contributed by atoms with Crippen LogP contribution in [-0.2, 0) is 29.1 Å². The number of nitrogens with two attached hydrogens (primary N) is 1. The van der Waals surface area contributed by atoms with Crippen LogP contribution >= 0.6 is 0 Å². The molecule has 0 aromatic heterocycles. The monoisotopic (exact) mass is 339 g/mol. The van der Waals surface area contributed by atoms with E-state index in [1.165, 1.54) is 32.1 Å². The number of aliphatic hydroxyl groups is 1. The van der Waals surface area contributed by atoms with Gasteiger partial charge in [-0.25, -0.2) is 0 Å². The first kappa shape index (κ1) is 24.5. The molecular weight excluding hydrogens is 316 g/mol. The molecule has 1 atom stereocenters. The first-order valence-electron chi connectivity index (χ1n) is 6.72. The number of carbonyl (C=O) groups excluding carboxylic acids is 2. The minimum Gasteiger partial charge on any atom is -0.550 e. The molecule has 6 nitrogen and oxygen atoms in total. The zero-order valence-electron chi connectivity index (χ0n) is 12.3. The van der Waals surface area contributed by atoms with E-state index in [-0.39, 0.29) is 32.3 Å². The number of aliphatic carboxylic acids is 2. The van der Waals surface area contributed by atoms with Crippen molar-refractivity contribution in [1.29, 1.82) is 0 Å². The van der Waals surface area contributed by atoms with Gasteiger partial charge < -0.3 is 30.6 Å². The molecule has 0 aliphatic rings. The first-order valence-corrected chi connectivity index (χ1v) is 6.72. The Morgan fingerprint density at radius 3 is 2.00 bits per heavy atom. The van der Waals surface area contributed by atoms with Gasteiger partial charge in [-0.1, -0.05) is 39.0 Å². The van der Waals surface area contributed by atoms with Crippen LogP contribution in [-0.4, -0.2) is 29.7 Å². The van der Waals surface area contributed by atoms with Gasteiger partial charge in [0.25, 0.3) is 0 Å². The second-order valence-electron chi connectivity index (χ2n) is 4.33. The molecule has 0 radical (unpaired) electrons. The Balaban J connectivity index is -0.000000277. The summed E-state index contributed by atoms with van der Waals surface area (Å²) in [5.41, 5.74) is 4.91. The van der Waals surface area contributed by atoms with Crippen LogP contribution in [0.1, 0.15) is 58.3 Å². The fourth-order valence-electron chi connectivity index (χ4n) is 1.28. The maximum absolute atomic E-state index is 9.86. The molecule has 0 aromatic carbocycles. The van der Waals surface area contributed by atoms with Crippen LogP contribution in [0.2, 0.25) is 0 Å². The molecule has 0 aliphatic carbocycles. The third-order valence-corrected chi connectivity index (χ3v) is 2.47. The number of hydrogen-bond acceptors (Lipinski definition) is 6. The minimum absolute atomic E-state index is 0. The van der Waals surface area contributed by atoms with Gasteiger partial charge >= 0.3 is 19.5 Å². The molecule has 0 aliphatic heterocycles. The van der Waals surface area contributed by atoms with Gasteiger partial charge in [0.15, 0.2) is 0 Å². The van der Waals surface area contributed by atoms with Gasteiger partial charge in [0.2, 0.25) is 0 Å². The standard InChI is InChI=1S/C8H18O.C5H9NO4.Zn/c1-2-3-4-5-6-7-8-9;6-3(5(9)10)1-2-4(7)8;/h9H,2-8H2,1H3;3H,1-2,6H2,(H,7,8)(H,9,10);/q;;+2/p-2. The van der Waals surface area contributed by atoms with Crippen LogP contribution in [0.25, 0.3) is 0 Å². The van der Waals surface area contributed by atoms with E-state index in [0.717, 1.165) is 6.42 Å². The third kappa shape index (κ3) is 22.6. The van der Waals surface area contributed by atoms with Crippen LogP contribution in [0, 0.1) is 0 Å². The summed E-state index contributed by atoms with van der Waals surface area (Å²) in [6.07, 6.45) is 7.00. The molecular formula is C13H25NO5Zn. The second kappa shape index (κ2) is 18.5. The summed E-state index contributed by atoms with van der Waals surface area (Å²) in [6.45, 7) is 2.58. The molecule has 0 spiro atoms. The molecule has 0 saturated carbocycles. The summed E-state index contributed by atoms with van der Waals surface area (Å²) in [6, 6.07) is -1.21. The molecule has 0 aromatic rings. The van der Waals surface area contributed by atoms with Crippen molar-refractivity contribution in [3.05, 3.63) is 0 Å². The SMILES string of the molecule is CCCCCCCCO.NC(CCC(=O)[O-])C(=O)[O-].[Zn+2]. The normalized spacial score (nSPS) is 10.8. The Hall–Kier alpha value is -0.517. The van der Waals surface area contributed by atoms with E-state index in [1.54, 1.807) is 0 Å². The summed E-state index contributed by atoms with van der Waals surface area (Å²) in [5.74, 6) is -2.75. The third-order valence-electron chi connectivity index (χ3n) is 2.47. The molecule has 0 amide bonds. The Labute approximate surface area is 133 Å². The van der Waals surface area contributed by atoms with E-state index in [0.29, 0.717) is 6.61 Å². The maximum Gasteiger partial charge on any atom is 2.00 e. The van der Waals surface area contributed by atoms with Crippen molar-refractivity contribution in [1.82, 2.24) is 0 Å². The smallest absolute Gasteiger partial charge is 0.550 e. The van der Waals surface area contributed by atoms with Crippen molar-refractivity contribution in [2.45, 2.75) is 64.3 Å². The van der Waals surface area contributed by atoms with Gasteiger partial charge in [-0.05, 0) is 19.3 Å². The summed E-state index contributed by atoms with van der Waals surface area (Å²) in [7, 11) is 0. The van der Waals surface area contributed by atoms with Crippen molar-refractivity contribution >= 4 is 11.9 Å². The van der Waals surface area contributed by atoms with E-state index in [4.69, 9.17) is 10.8 Å². The van der Waals surface area contributed by atoms with Gasteiger partial charge in [-0.3, -0.25) is 0 Å². The zero-order chi connectivity index (χ0) is 15.1. The Kier molecular flexibility index (Phi) is 22.6. The average Bonchev–Trinajstić information content (AvgIpc) is 2.36. The van der Waals surface area contributed by atoms with Gasteiger partial charge in [0.05, 0.1) is 5.97 Å². The average molecular weight is 341 g/mol. The van der Waals surface area contributed by atoms with E-state index >= 15 is 0 Å². The number of aliphatic hydroxyl groups excluding tert-OH is 1. The molecule has 0 heterocycles. The molecule has 1 unspecified atom stereocenters. The molecule has 3 N–H and O–H groups in total. The van der Waals surface area contributed by atoms with Crippen LogP contribution in [0.4, 0.5) is 0 Å². The van der Waals surface area contributed by atoms with Gasteiger partial charge in [0, 0.05) is 18.6 Å². The van der Waals surface area contributed by atoms with E-state index in [9.17, 15) is 19.8 Å². The largest absolute Gasteiger partial charge is 2.00 e. The number of rotatable bonds is 10. The van der Waals surface area contributed by atoms with Gasteiger partial charge in [0.1, 0.15) is 0 Å². The van der Waals surface area contributed by atoms with Crippen molar-refractivity contribution in [2.24, 2.45) is 5.73 Å². The maximum atomic E-state index is 9.86. The van der Waals surface area contributed by atoms with Gasteiger partial charge in [-0.2, -0.15) is 0 Å². The first-order chi connectivity index (χ1) is 8.95. The second-order valence-corrected chi connectivity index (χ2v) is 4.33. The topological polar surface area (TPSA) is 127 Å². The summed E-state index contributed by atoms with van der Waals surface area (Å²) < 4.78 is 0. The summed E-state index contributed by atoms with van der Waals surface area (Å²) in [5, 5.41) is 28.0. The fraction of sp³-hybridized carbons (Fsp3) is 0.846. The van der Waals surface area contributed by atoms with E-state index < -0.39 is 18.0 Å². The summed E-state index contributed by atoms with van der Waals surface area (Å²) >= 11 is 0. The Morgan fingerprint density at radius 1 is 1.10 bits per heavy atom. The van der Waals surface area contributed by atoms with Crippen LogP contribution in [0.3, 0.4) is 0 Å². The van der Waals surface area contributed by atoms with Crippen molar-refractivity contribution in [2.75, 3.05) is 6.61 Å². The Bertz CT molecular complexity index is 233. The molecule has 20 heavy (non-hydrogen) atoms.